The molecule has 0 spiro atoms. The molecule has 0 heterocycles. The van der Waals surface area contributed by atoms with E-state index in [0.29, 0.717) is 0 Å². The van der Waals surface area contributed by atoms with Crippen molar-refractivity contribution >= 4 is 22.5 Å². The summed E-state index contributed by atoms with van der Waals surface area (Å²) in [6, 6.07) is 16.5. The maximum absolute atomic E-state index is 5.79. The van der Waals surface area contributed by atoms with E-state index in [-0.39, 0.29) is 0 Å². The van der Waals surface area contributed by atoms with Gasteiger partial charge >= 0.3 is 0 Å². The molecular formula is C18H20N2. The Morgan fingerprint density at radius 1 is 0.550 bits per heavy atom. The minimum absolute atomic E-state index is 0.819. The van der Waals surface area contributed by atoms with Gasteiger partial charge in [-0.25, -0.2) is 0 Å². The van der Waals surface area contributed by atoms with Crippen molar-refractivity contribution in [3.05, 3.63) is 59.7 Å². The van der Waals surface area contributed by atoms with Crippen molar-refractivity contribution in [2.75, 3.05) is 11.5 Å². The van der Waals surface area contributed by atoms with Crippen LogP contribution in [0.1, 0.15) is 36.8 Å². The van der Waals surface area contributed by atoms with Gasteiger partial charge in [-0.05, 0) is 72.2 Å². The Morgan fingerprint density at radius 3 is 1.25 bits per heavy atom. The first-order valence-electron chi connectivity index (χ1n) is 7.18. The summed E-state index contributed by atoms with van der Waals surface area (Å²) in [7, 11) is 0. The van der Waals surface area contributed by atoms with Gasteiger partial charge in [-0.2, -0.15) is 0 Å². The number of allylic oxidation sites excluding steroid dienone is 2. The van der Waals surface area contributed by atoms with Gasteiger partial charge in [-0.15, -0.1) is 0 Å². The van der Waals surface area contributed by atoms with E-state index in [1.54, 1.807) is 0 Å². The van der Waals surface area contributed by atoms with Gasteiger partial charge in [-0.1, -0.05) is 24.3 Å². The fourth-order valence-corrected chi connectivity index (χ4v) is 2.91. The molecule has 0 saturated carbocycles. The summed E-state index contributed by atoms with van der Waals surface area (Å²) in [4.78, 5) is 0. The molecule has 0 atom stereocenters. The van der Waals surface area contributed by atoms with Crippen molar-refractivity contribution in [1.29, 1.82) is 0 Å². The lowest BCUT2D eigenvalue weighted by Gasteiger charge is -2.21. The van der Waals surface area contributed by atoms with Gasteiger partial charge < -0.3 is 11.5 Å². The molecule has 0 aliphatic heterocycles. The lowest BCUT2D eigenvalue weighted by Crippen LogP contribution is -2.00. The van der Waals surface area contributed by atoms with Crippen LogP contribution in [0.25, 0.3) is 11.1 Å². The Kier molecular flexibility index (Phi) is 3.46. The number of anilines is 2. The first kappa shape index (κ1) is 12.8. The average molecular weight is 264 g/mol. The van der Waals surface area contributed by atoms with E-state index in [9.17, 15) is 0 Å². The van der Waals surface area contributed by atoms with Gasteiger partial charge in [0.15, 0.2) is 0 Å². The number of hydrogen-bond acceptors (Lipinski definition) is 2. The largest absolute Gasteiger partial charge is 0.399 e. The highest BCUT2D eigenvalue weighted by Gasteiger charge is 2.15. The summed E-state index contributed by atoms with van der Waals surface area (Å²) in [6.45, 7) is 0. The molecule has 3 rings (SSSR count). The topological polar surface area (TPSA) is 52.0 Å². The van der Waals surface area contributed by atoms with Crippen LogP contribution in [-0.4, -0.2) is 0 Å². The third kappa shape index (κ3) is 2.55. The predicted octanol–water partition coefficient (Wildman–Crippen LogP) is 4.34. The first-order valence-corrected chi connectivity index (χ1v) is 7.18. The van der Waals surface area contributed by atoms with Crippen LogP contribution < -0.4 is 11.5 Å². The Morgan fingerprint density at radius 2 is 0.900 bits per heavy atom. The van der Waals surface area contributed by atoms with Gasteiger partial charge in [0.2, 0.25) is 0 Å². The second-order valence-corrected chi connectivity index (χ2v) is 5.41. The standard InChI is InChI=1S/C18H20N2/c19-15-9-5-13(6-10-15)17-3-1-2-4-18(17)14-7-11-16(20)12-8-14/h5-12H,1-4,19-20H2. The molecule has 2 heteroatoms. The van der Waals surface area contributed by atoms with Gasteiger partial charge in [0.05, 0.1) is 0 Å². The van der Waals surface area contributed by atoms with Crippen molar-refractivity contribution < 1.29 is 0 Å². The lowest BCUT2D eigenvalue weighted by atomic mass is 9.84. The molecule has 1 aliphatic carbocycles. The Labute approximate surface area is 120 Å². The van der Waals surface area contributed by atoms with Gasteiger partial charge in [0, 0.05) is 11.4 Å². The van der Waals surface area contributed by atoms with E-state index < -0.39 is 0 Å². The van der Waals surface area contributed by atoms with Crippen LogP contribution in [0.3, 0.4) is 0 Å². The van der Waals surface area contributed by atoms with Crippen LogP contribution in [0.4, 0.5) is 11.4 Å². The van der Waals surface area contributed by atoms with Crippen LogP contribution in [-0.2, 0) is 0 Å². The molecule has 2 aromatic carbocycles. The molecule has 0 unspecified atom stereocenters. The number of nitrogen functional groups attached to an aromatic ring is 2. The Balaban J connectivity index is 2.07. The maximum Gasteiger partial charge on any atom is 0.0314 e. The highest BCUT2D eigenvalue weighted by molar-refractivity contribution is 5.91. The molecule has 4 N–H and O–H groups in total. The molecule has 20 heavy (non-hydrogen) atoms. The highest BCUT2D eigenvalue weighted by atomic mass is 14.5. The highest BCUT2D eigenvalue weighted by Crippen LogP contribution is 2.38. The van der Waals surface area contributed by atoms with Crippen LogP contribution in [0, 0.1) is 0 Å². The quantitative estimate of drug-likeness (QED) is 0.793. The third-order valence-electron chi connectivity index (χ3n) is 3.99. The second-order valence-electron chi connectivity index (χ2n) is 5.41. The fraction of sp³-hybridized carbons (Fsp3) is 0.222. The van der Waals surface area contributed by atoms with E-state index in [1.165, 1.54) is 35.1 Å². The van der Waals surface area contributed by atoms with Crippen molar-refractivity contribution in [2.45, 2.75) is 25.7 Å². The summed E-state index contributed by atoms with van der Waals surface area (Å²) in [5.41, 5.74) is 18.7. The monoisotopic (exact) mass is 264 g/mol. The zero-order valence-corrected chi connectivity index (χ0v) is 11.6. The summed E-state index contributed by atoms with van der Waals surface area (Å²) in [5, 5.41) is 0. The number of rotatable bonds is 2. The summed E-state index contributed by atoms with van der Waals surface area (Å²) in [6.07, 6.45) is 4.81. The summed E-state index contributed by atoms with van der Waals surface area (Å²) >= 11 is 0. The molecule has 1 aliphatic rings. The van der Waals surface area contributed by atoms with Crippen molar-refractivity contribution in [2.24, 2.45) is 0 Å². The summed E-state index contributed by atoms with van der Waals surface area (Å²) < 4.78 is 0. The minimum Gasteiger partial charge on any atom is -0.399 e. The summed E-state index contributed by atoms with van der Waals surface area (Å²) in [5.74, 6) is 0. The van der Waals surface area contributed by atoms with Crippen molar-refractivity contribution in [3.8, 4) is 0 Å². The predicted molar refractivity (Wildman–Crippen MR) is 87.0 cm³/mol. The van der Waals surface area contributed by atoms with E-state index in [4.69, 9.17) is 11.5 Å². The Hall–Kier alpha value is -2.22. The maximum atomic E-state index is 5.79. The van der Waals surface area contributed by atoms with Crippen LogP contribution in [0.15, 0.2) is 48.5 Å². The Bertz CT molecular complexity index is 564. The fourth-order valence-electron chi connectivity index (χ4n) is 2.91. The van der Waals surface area contributed by atoms with Crippen LogP contribution in [0.2, 0.25) is 0 Å². The SMILES string of the molecule is Nc1ccc(C2=C(c3ccc(N)cc3)CCCC2)cc1. The molecule has 0 amide bonds. The molecular weight excluding hydrogens is 244 g/mol. The number of nitrogens with two attached hydrogens (primary N) is 2. The number of hydrogen-bond donors (Lipinski definition) is 2. The van der Waals surface area contributed by atoms with Crippen molar-refractivity contribution in [3.63, 3.8) is 0 Å². The first-order chi connectivity index (χ1) is 9.74. The normalized spacial score (nSPS) is 15.4. The van der Waals surface area contributed by atoms with Gasteiger partial charge in [-0.3, -0.25) is 0 Å². The number of benzene rings is 2. The van der Waals surface area contributed by atoms with Gasteiger partial charge in [0.25, 0.3) is 0 Å². The molecule has 0 aromatic heterocycles. The molecule has 102 valence electrons. The van der Waals surface area contributed by atoms with E-state index in [0.717, 1.165) is 24.2 Å². The molecule has 0 fully saturated rings. The third-order valence-corrected chi connectivity index (χ3v) is 3.99. The second kappa shape index (κ2) is 5.41. The molecule has 2 nitrogen and oxygen atoms in total. The van der Waals surface area contributed by atoms with Gasteiger partial charge in [0.1, 0.15) is 0 Å². The molecule has 0 bridgehead atoms. The zero-order chi connectivity index (χ0) is 13.9. The average Bonchev–Trinajstić information content (AvgIpc) is 2.49. The van der Waals surface area contributed by atoms with E-state index in [1.807, 2.05) is 24.3 Å². The van der Waals surface area contributed by atoms with E-state index in [2.05, 4.69) is 24.3 Å². The lowest BCUT2D eigenvalue weighted by molar-refractivity contribution is 0.753. The zero-order valence-electron chi connectivity index (χ0n) is 11.6. The molecule has 0 saturated heterocycles. The van der Waals surface area contributed by atoms with Crippen molar-refractivity contribution in [1.82, 2.24) is 0 Å². The van der Waals surface area contributed by atoms with Crippen LogP contribution in [0.5, 0.6) is 0 Å². The van der Waals surface area contributed by atoms with E-state index >= 15 is 0 Å². The molecule has 0 radical (unpaired) electrons. The molecule has 2 aromatic rings. The minimum atomic E-state index is 0.819. The van der Waals surface area contributed by atoms with Crippen LogP contribution >= 0.6 is 0 Å². The smallest absolute Gasteiger partial charge is 0.0314 e.